The number of nitro groups is 1. The number of carbonyl (C=O) groups is 3. The van der Waals surface area contributed by atoms with Crippen molar-refractivity contribution in [3.8, 4) is 0 Å². The van der Waals surface area contributed by atoms with Crippen molar-refractivity contribution in [2.45, 2.75) is 20.8 Å². The lowest BCUT2D eigenvalue weighted by atomic mass is 10.1. The molecule has 0 spiro atoms. The van der Waals surface area contributed by atoms with Crippen LogP contribution in [0.2, 0.25) is 5.02 Å². The van der Waals surface area contributed by atoms with Crippen molar-refractivity contribution in [2.24, 2.45) is 0 Å². The van der Waals surface area contributed by atoms with Crippen LogP contribution in [0.25, 0.3) is 10.1 Å². The Hall–Kier alpha value is -3.33. The zero-order valence-electron chi connectivity index (χ0n) is 22.8. The van der Waals surface area contributed by atoms with Gasteiger partial charge in [0.25, 0.3) is 17.5 Å². The fourth-order valence-electron chi connectivity index (χ4n) is 4.55. The number of esters is 1. The molecular formula is C26H28ClN5O6S3. The van der Waals surface area contributed by atoms with E-state index < -0.39 is 10.9 Å². The van der Waals surface area contributed by atoms with Crippen LogP contribution in [0.4, 0.5) is 10.7 Å². The van der Waals surface area contributed by atoms with E-state index in [1.165, 1.54) is 19.2 Å². The molecule has 3 aromatic rings. The quantitative estimate of drug-likeness (QED) is 0.160. The Balaban J connectivity index is 1.47. The van der Waals surface area contributed by atoms with E-state index in [1.807, 2.05) is 18.7 Å². The third-order valence-electron chi connectivity index (χ3n) is 6.87. The molecule has 0 saturated carbocycles. The first-order valence-corrected chi connectivity index (χ1v) is 15.2. The summed E-state index contributed by atoms with van der Waals surface area (Å²) in [6, 6.07) is 4.34. The predicted octanol–water partition coefficient (Wildman–Crippen LogP) is 5.26. The Kier molecular flexibility index (Phi) is 9.47. The number of benzene rings is 1. The van der Waals surface area contributed by atoms with Crippen molar-refractivity contribution in [3.63, 3.8) is 0 Å². The first-order chi connectivity index (χ1) is 19.5. The van der Waals surface area contributed by atoms with Gasteiger partial charge in [0, 0.05) is 61.5 Å². The van der Waals surface area contributed by atoms with Crippen LogP contribution >= 0.6 is 46.5 Å². The lowest BCUT2D eigenvalue weighted by Gasteiger charge is -2.36. The molecule has 1 aliphatic rings. The molecule has 2 aromatic heterocycles. The summed E-state index contributed by atoms with van der Waals surface area (Å²) in [4.78, 5) is 55.7. The molecule has 1 saturated heterocycles. The highest BCUT2D eigenvalue weighted by atomic mass is 35.5. The smallest absolute Gasteiger partial charge is 0.341 e. The van der Waals surface area contributed by atoms with Gasteiger partial charge < -0.3 is 24.8 Å². The number of nitro benzene ring substituents is 1. The number of anilines is 1. The Morgan fingerprint density at radius 3 is 2.34 bits per heavy atom. The Labute approximate surface area is 254 Å². The number of rotatable bonds is 7. The first kappa shape index (κ1) is 30.6. The van der Waals surface area contributed by atoms with Crippen LogP contribution in [0.5, 0.6) is 0 Å². The Bertz CT molecular complexity index is 1540. The van der Waals surface area contributed by atoms with E-state index in [9.17, 15) is 24.5 Å². The molecule has 0 radical (unpaired) electrons. The number of piperazine rings is 1. The van der Waals surface area contributed by atoms with Gasteiger partial charge in [0.05, 0.1) is 27.5 Å². The van der Waals surface area contributed by atoms with Gasteiger partial charge in [-0.15, -0.1) is 22.7 Å². The third-order valence-corrected chi connectivity index (χ3v) is 10.1. The number of amides is 2. The van der Waals surface area contributed by atoms with Gasteiger partial charge in [-0.1, -0.05) is 11.6 Å². The number of nitrogens with zero attached hydrogens (tertiary/aromatic N) is 4. The number of halogens is 1. The second-order valence-electron chi connectivity index (χ2n) is 9.12. The fraction of sp³-hybridized carbons (Fsp3) is 0.385. The Morgan fingerprint density at radius 2 is 1.76 bits per heavy atom. The largest absolute Gasteiger partial charge is 0.465 e. The number of hydrogen-bond donors (Lipinski definition) is 1. The van der Waals surface area contributed by atoms with E-state index in [0.717, 1.165) is 22.7 Å². The highest BCUT2D eigenvalue weighted by Gasteiger charge is 2.30. The molecule has 1 N–H and O–H groups in total. The highest BCUT2D eigenvalue weighted by molar-refractivity contribution is 7.80. The van der Waals surface area contributed by atoms with Crippen LogP contribution in [0.3, 0.4) is 0 Å². The number of thiophene rings is 2. The van der Waals surface area contributed by atoms with Gasteiger partial charge in [-0.05, 0) is 44.6 Å². The maximum atomic E-state index is 13.3. The van der Waals surface area contributed by atoms with Crippen molar-refractivity contribution >= 4 is 90.2 Å². The van der Waals surface area contributed by atoms with Crippen molar-refractivity contribution in [2.75, 3.05) is 51.7 Å². The maximum Gasteiger partial charge on any atom is 0.341 e. The average Bonchev–Trinajstić information content (AvgIpc) is 3.48. The maximum absolute atomic E-state index is 13.3. The van der Waals surface area contributed by atoms with Crippen molar-refractivity contribution < 1.29 is 24.0 Å². The third kappa shape index (κ3) is 6.01. The molecule has 4 rings (SSSR count). The second kappa shape index (κ2) is 12.7. The number of ether oxygens (including phenoxy) is 1. The Morgan fingerprint density at radius 1 is 1.12 bits per heavy atom. The SMILES string of the molecule is CCN(CC)C(=O)c1sc(NC(=S)N2CCN(C(=O)c3sc4cc([N+](=O)[O-])ccc4c3Cl)CC2)c(C(=O)OC)c1C. The summed E-state index contributed by atoms with van der Waals surface area (Å²) >= 11 is 14.4. The highest BCUT2D eigenvalue weighted by Crippen LogP contribution is 2.38. The summed E-state index contributed by atoms with van der Waals surface area (Å²) < 4.78 is 5.55. The molecule has 1 aromatic carbocycles. The van der Waals surface area contributed by atoms with E-state index in [1.54, 1.807) is 22.8 Å². The number of carbonyl (C=O) groups excluding carboxylic acids is 3. The van der Waals surface area contributed by atoms with Gasteiger partial charge in [0.2, 0.25) is 0 Å². The zero-order chi connectivity index (χ0) is 30.0. The normalized spacial score (nSPS) is 13.3. The van der Waals surface area contributed by atoms with E-state index in [0.29, 0.717) is 74.8 Å². The summed E-state index contributed by atoms with van der Waals surface area (Å²) in [6.45, 7) is 8.16. The zero-order valence-corrected chi connectivity index (χ0v) is 26.0. The molecule has 1 aliphatic heterocycles. The topological polar surface area (TPSA) is 125 Å². The van der Waals surface area contributed by atoms with Crippen LogP contribution in [-0.4, -0.2) is 88.9 Å². The molecule has 0 atom stereocenters. The van der Waals surface area contributed by atoms with Crippen LogP contribution in [0, 0.1) is 17.0 Å². The minimum atomic E-state index is -0.566. The summed E-state index contributed by atoms with van der Waals surface area (Å²) in [5.74, 6) is -0.981. The molecule has 0 aliphatic carbocycles. The van der Waals surface area contributed by atoms with Gasteiger partial charge in [-0.2, -0.15) is 0 Å². The average molecular weight is 638 g/mol. The summed E-state index contributed by atoms with van der Waals surface area (Å²) in [7, 11) is 1.29. The summed E-state index contributed by atoms with van der Waals surface area (Å²) in [6.07, 6.45) is 0. The first-order valence-electron chi connectivity index (χ1n) is 12.7. The van der Waals surface area contributed by atoms with E-state index >= 15 is 0 Å². The van der Waals surface area contributed by atoms with E-state index in [4.69, 9.17) is 28.6 Å². The second-order valence-corrected chi connectivity index (χ2v) is 12.0. The number of thiocarbonyl (C=S) groups is 1. The van der Waals surface area contributed by atoms with Crippen molar-refractivity contribution in [1.29, 1.82) is 0 Å². The van der Waals surface area contributed by atoms with Gasteiger partial charge in [-0.3, -0.25) is 19.7 Å². The number of non-ortho nitro benzene ring substituents is 1. The molecule has 2 amide bonds. The van der Waals surface area contributed by atoms with Gasteiger partial charge in [-0.25, -0.2) is 4.79 Å². The summed E-state index contributed by atoms with van der Waals surface area (Å²) in [5, 5.41) is 15.9. The molecule has 218 valence electrons. The lowest BCUT2D eigenvalue weighted by molar-refractivity contribution is -0.384. The van der Waals surface area contributed by atoms with Gasteiger partial charge >= 0.3 is 5.97 Å². The molecule has 11 nitrogen and oxygen atoms in total. The minimum Gasteiger partial charge on any atom is -0.465 e. The fourth-order valence-corrected chi connectivity index (χ4v) is 7.57. The molecule has 15 heteroatoms. The standard InChI is InChI=1S/C26H28ClN5O6S3/c1-5-29(6-2)23(33)20-14(3)18(25(35)38-4)22(41-20)28-26(39)31-11-9-30(10-12-31)24(34)21-19(27)16-8-7-15(32(36)37)13-17(16)40-21/h7-8,13H,5-6,9-12H2,1-4H3,(H,28,39). The number of methoxy groups -OCH3 is 1. The lowest BCUT2D eigenvalue weighted by Crippen LogP contribution is -2.51. The minimum absolute atomic E-state index is 0.0649. The summed E-state index contributed by atoms with van der Waals surface area (Å²) in [5.41, 5.74) is 0.735. The molecule has 1 fully saturated rings. The van der Waals surface area contributed by atoms with Crippen LogP contribution in [0.15, 0.2) is 18.2 Å². The molecule has 0 unspecified atom stereocenters. The van der Waals surface area contributed by atoms with E-state index in [2.05, 4.69) is 5.32 Å². The number of nitrogens with one attached hydrogen (secondary N) is 1. The number of hydrogen-bond acceptors (Lipinski definition) is 9. The van der Waals surface area contributed by atoms with Crippen molar-refractivity contribution in [3.05, 3.63) is 54.2 Å². The van der Waals surface area contributed by atoms with E-state index in [-0.39, 0.29) is 28.1 Å². The molecular weight excluding hydrogens is 610 g/mol. The van der Waals surface area contributed by atoms with Gasteiger partial charge in [0.1, 0.15) is 9.88 Å². The van der Waals surface area contributed by atoms with Gasteiger partial charge in [0.15, 0.2) is 5.11 Å². The van der Waals surface area contributed by atoms with Crippen LogP contribution in [0.1, 0.15) is 49.1 Å². The predicted molar refractivity (Wildman–Crippen MR) is 165 cm³/mol. The number of fused-ring (bicyclic) bond motifs is 1. The van der Waals surface area contributed by atoms with Crippen molar-refractivity contribution in [1.82, 2.24) is 14.7 Å². The van der Waals surface area contributed by atoms with Crippen LogP contribution in [-0.2, 0) is 4.74 Å². The van der Waals surface area contributed by atoms with Crippen LogP contribution < -0.4 is 5.32 Å². The molecule has 41 heavy (non-hydrogen) atoms. The molecule has 3 heterocycles. The monoisotopic (exact) mass is 637 g/mol. The molecule has 0 bridgehead atoms.